The number of phenols is 1. The lowest BCUT2D eigenvalue weighted by molar-refractivity contribution is -0.185. The molecule has 0 aromatic heterocycles. The largest absolute Gasteiger partial charge is 0.504 e. The molecule has 0 saturated carbocycles. The Kier molecular flexibility index (Phi) is 4.06. The molecule has 1 aliphatic heterocycles. The topological polar surface area (TPSA) is 79.2 Å². The van der Waals surface area contributed by atoms with Crippen molar-refractivity contribution in [3.63, 3.8) is 0 Å². The molecule has 5 heteroatoms. The quantitative estimate of drug-likeness (QED) is 0.748. The molecule has 0 aliphatic carbocycles. The predicted molar refractivity (Wildman–Crippen MR) is 64.5 cm³/mol. The molecule has 0 bridgehead atoms. The summed E-state index contributed by atoms with van der Waals surface area (Å²) in [5.74, 6) is 0.357. The average Bonchev–Trinajstić information content (AvgIpc) is 2.33. The zero-order valence-electron chi connectivity index (χ0n) is 10.2. The summed E-state index contributed by atoms with van der Waals surface area (Å²) in [6.07, 6.45) is -0.919. The average molecular weight is 254 g/mol. The summed E-state index contributed by atoms with van der Waals surface area (Å²) >= 11 is 0. The van der Waals surface area contributed by atoms with E-state index in [1.807, 2.05) is 6.92 Å². The maximum atomic E-state index is 9.66. The van der Waals surface area contributed by atoms with E-state index < -0.39 is 18.5 Å². The van der Waals surface area contributed by atoms with Gasteiger partial charge in [-0.25, -0.2) is 0 Å². The van der Waals surface area contributed by atoms with Crippen LogP contribution < -0.4 is 4.74 Å². The van der Waals surface area contributed by atoms with Crippen molar-refractivity contribution in [2.75, 3.05) is 6.61 Å². The van der Waals surface area contributed by atoms with Gasteiger partial charge in [0.15, 0.2) is 11.5 Å². The Morgan fingerprint density at radius 1 is 1.39 bits per heavy atom. The molecule has 0 amide bonds. The highest BCUT2D eigenvalue weighted by molar-refractivity contribution is 5.41. The second kappa shape index (κ2) is 5.56. The number of hydrogen-bond acceptors (Lipinski definition) is 5. The molecular formula is C13H18O5. The fourth-order valence-corrected chi connectivity index (χ4v) is 2.00. The minimum atomic E-state index is -0.654. The van der Waals surface area contributed by atoms with Crippen LogP contribution in [0.3, 0.4) is 0 Å². The molecule has 1 saturated heterocycles. The van der Waals surface area contributed by atoms with Crippen LogP contribution in [0.1, 0.15) is 18.4 Å². The van der Waals surface area contributed by atoms with Crippen LogP contribution in [0.4, 0.5) is 0 Å². The third-order valence-corrected chi connectivity index (χ3v) is 2.92. The Hall–Kier alpha value is -1.30. The highest BCUT2D eigenvalue weighted by Crippen LogP contribution is 2.30. The Morgan fingerprint density at radius 2 is 2.17 bits per heavy atom. The minimum absolute atomic E-state index is 0.0322. The third-order valence-electron chi connectivity index (χ3n) is 2.92. The maximum Gasteiger partial charge on any atom is 0.202 e. The number of phenolic OH excluding ortho intramolecular Hbond substituents is 1. The van der Waals surface area contributed by atoms with Crippen molar-refractivity contribution in [1.29, 1.82) is 0 Å². The van der Waals surface area contributed by atoms with E-state index in [2.05, 4.69) is 0 Å². The molecule has 2 rings (SSSR count). The van der Waals surface area contributed by atoms with Crippen LogP contribution in [0.15, 0.2) is 18.2 Å². The van der Waals surface area contributed by atoms with Crippen molar-refractivity contribution in [3.05, 3.63) is 23.8 Å². The van der Waals surface area contributed by atoms with Gasteiger partial charge >= 0.3 is 0 Å². The minimum Gasteiger partial charge on any atom is -0.504 e. The Morgan fingerprint density at radius 3 is 2.89 bits per heavy atom. The Balaban J connectivity index is 2.06. The summed E-state index contributed by atoms with van der Waals surface area (Å²) in [5.41, 5.74) is 0.956. The highest BCUT2D eigenvalue weighted by atomic mass is 16.7. The van der Waals surface area contributed by atoms with Gasteiger partial charge in [-0.1, -0.05) is 6.07 Å². The van der Waals surface area contributed by atoms with E-state index in [1.165, 1.54) is 0 Å². The molecule has 3 N–H and O–H groups in total. The van der Waals surface area contributed by atoms with E-state index in [0.717, 1.165) is 5.56 Å². The molecule has 1 heterocycles. The van der Waals surface area contributed by atoms with E-state index in [4.69, 9.17) is 14.6 Å². The molecule has 0 radical (unpaired) electrons. The van der Waals surface area contributed by atoms with Crippen LogP contribution >= 0.6 is 0 Å². The van der Waals surface area contributed by atoms with Crippen LogP contribution in [-0.2, 0) is 4.74 Å². The standard InChI is InChI=1S/C13H18O5/c1-8-2-3-11(16)12(4-8)18-13-6-9(15)5-10(7-14)17-13/h2-4,9-10,13-16H,5-7H2,1H3. The van der Waals surface area contributed by atoms with E-state index in [0.29, 0.717) is 18.6 Å². The van der Waals surface area contributed by atoms with Gasteiger partial charge in [0.2, 0.25) is 6.29 Å². The Labute approximate surface area is 106 Å². The molecular weight excluding hydrogens is 236 g/mol. The lowest BCUT2D eigenvalue weighted by Crippen LogP contribution is -2.40. The molecule has 1 aromatic carbocycles. The molecule has 1 aromatic rings. The highest BCUT2D eigenvalue weighted by Gasteiger charge is 2.29. The zero-order chi connectivity index (χ0) is 13.1. The van der Waals surface area contributed by atoms with Crippen LogP contribution in [0, 0.1) is 6.92 Å². The lowest BCUT2D eigenvalue weighted by atomic mass is 10.1. The van der Waals surface area contributed by atoms with Gasteiger partial charge < -0.3 is 24.8 Å². The zero-order valence-corrected chi connectivity index (χ0v) is 10.2. The maximum absolute atomic E-state index is 9.66. The number of rotatable bonds is 3. The number of hydrogen-bond donors (Lipinski definition) is 3. The van der Waals surface area contributed by atoms with Crippen molar-refractivity contribution < 1.29 is 24.8 Å². The molecule has 100 valence electrons. The fourth-order valence-electron chi connectivity index (χ4n) is 2.00. The molecule has 1 aliphatic rings. The number of benzene rings is 1. The Bertz CT molecular complexity index is 406. The van der Waals surface area contributed by atoms with Crippen LogP contribution in [0.25, 0.3) is 0 Å². The number of ether oxygens (including phenoxy) is 2. The van der Waals surface area contributed by atoms with Crippen LogP contribution in [0.5, 0.6) is 11.5 Å². The molecule has 18 heavy (non-hydrogen) atoms. The second-order valence-corrected chi connectivity index (χ2v) is 4.58. The van der Waals surface area contributed by atoms with Crippen molar-refractivity contribution in [1.82, 2.24) is 0 Å². The van der Waals surface area contributed by atoms with Gasteiger partial charge in [-0.15, -0.1) is 0 Å². The van der Waals surface area contributed by atoms with Crippen molar-refractivity contribution >= 4 is 0 Å². The van der Waals surface area contributed by atoms with Crippen LogP contribution in [-0.4, -0.2) is 40.4 Å². The van der Waals surface area contributed by atoms with E-state index in [9.17, 15) is 10.2 Å². The van der Waals surface area contributed by atoms with Crippen molar-refractivity contribution in [2.24, 2.45) is 0 Å². The van der Waals surface area contributed by atoms with Gasteiger partial charge in [0.1, 0.15) is 0 Å². The fraction of sp³-hybridized carbons (Fsp3) is 0.538. The van der Waals surface area contributed by atoms with Gasteiger partial charge in [-0.2, -0.15) is 0 Å². The monoisotopic (exact) mass is 254 g/mol. The van der Waals surface area contributed by atoms with Gasteiger partial charge in [-0.3, -0.25) is 0 Å². The number of aromatic hydroxyl groups is 1. The first kappa shape index (κ1) is 13.1. The lowest BCUT2D eigenvalue weighted by Gasteiger charge is -2.32. The van der Waals surface area contributed by atoms with E-state index in [-0.39, 0.29) is 12.4 Å². The van der Waals surface area contributed by atoms with Gasteiger partial charge in [0.05, 0.1) is 18.8 Å². The second-order valence-electron chi connectivity index (χ2n) is 4.58. The van der Waals surface area contributed by atoms with Gasteiger partial charge in [0, 0.05) is 12.8 Å². The normalized spacial score (nSPS) is 28.1. The van der Waals surface area contributed by atoms with Gasteiger partial charge in [0.25, 0.3) is 0 Å². The summed E-state index contributed by atoms with van der Waals surface area (Å²) in [7, 11) is 0. The van der Waals surface area contributed by atoms with E-state index >= 15 is 0 Å². The molecule has 0 spiro atoms. The third kappa shape index (κ3) is 3.13. The molecule has 1 fully saturated rings. The smallest absolute Gasteiger partial charge is 0.202 e. The van der Waals surface area contributed by atoms with Crippen LogP contribution in [0.2, 0.25) is 0 Å². The molecule has 3 unspecified atom stereocenters. The summed E-state index contributed by atoms with van der Waals surface area (Å²) in [5, 5.41) is 28.4. The van der Waals surface area contributed by atoms with Crippen molar-refractivity contribution in [2.45, 2.75) is 38.3 Å². The summed E-state index contributed by atoms with van der Waals surface area (Å²) in [6.45, 7) is 1.73. The summed E-state index contributed by atoms with van der Waals surface area (Å²) in [4.78, 5) is 0. The summed E-state index contributed by atoms with van der Waals surface area (Å²) in [6, 6.07) is 5.02. The predicted octanol–water partition coefficient (Wildman–Crippen LogP) is 0.938. The number of aliphatic hydroxyl groups is 2. The van der Waals surface area contributed by atoms with E-state index in [1.54, 1.807) is 18.2 Å². The SMILES string of the molecule is Cc1ccc(O)c(OC2CC(O)CC(CO)O2)c1. The summed E-state index contributed by atoms with van der Waals surface area (Å²) < 4.78 is 11.0. The number of aryl methyl sites for hydroxylation is 1. The first-order valence-corrected chi connectivity index (χ1v) is 5.99. The van der Waals surface area contributed by atoms with Crippen molar-refractivity contribution in [3.8, 4) is 11.5 Å². The molecule has 3 atom stereocenters. The van der Waals surface area contributed by atoms with Gasteiger partial charge in [-0.05, 0) is 24.6 Å². The molecule has 5 nitrogen and oxygen atoms in total. The number of aliphatic hydroxyl groups excluding tert-OH is 2. The first-order valence-electron chi connectivity index (χ1n) is 5.99. The first-order chi connectivity index (χ1) is 8.58.